The number of methoxy groups -OCH3 is 1. The number of amides is 1. The molecule has 0 unspecified atom stereocenters. The third kappa shape index (κ3) is 3.99. The molecule has 7 heteroatoms. The zero-order chi connectivity index (χ0) is 13.8. The number of ether oxygens (including phenoxy) is 2. The Bertz CT molecular complexity index is 471. The van der Waals surface area contributed by atoms with Crippen LogP contribution in [0.2, 0.25) is 5.02 Å². The normalized spacial score (nSPS) is 21.8. The van der Waals surface area contributed by atoms with Crippen molar-refractivity contribution in [2.75, 3.05) is 25.6 Å². The Kier molecular flexibility index (Phi) is 6.55. The first-order valence-corrected chi connectivity index (χ1v) is 6.49. The summed E-state index contributed by atoms with van der Waals surface area (Å²) in [6.45, 7) is 3.17. The summed E-state index contributed by atoms with van der Waals surface area (Å²) in [7, 11) is 1.55. The smallest absolute Gasteiger partial charge is 0.244 e. The van der Waals surface area contributed by atoms with Gasteiger partial charge in [-0.25, -0.2) is 0 Å². The largest absolute Gasteiger partial charge is 0.495 e. The lowest BCUT2D eigenvalue weighted by molar-refractivity contribution is -0.123. The van der Waals surface area contributed by atoms with E-state index in [-0.39, 0.29) is 30.5 Å². The fourth-order valence-electron chi connectivity index (χ4n) is 1.99. The Labute approximate surface area is 129 Å². The number of carbonyl (C=O) groups is 1. The molecule has 1 fully saturated rings. The van der Waals surface area contributed by atoms with E-state index >= 15 is 0 Å². The van der Waals surface area contributed by atoms with Crippen LogP contribution in [0.4, 0.5) is 5.69 Å². The summed E-state index contributed by atoms with van der Waals surface area (Å²) in [5.41, 5.74) is 0.635. The first kappa shape index (κ1) is 17.0. The van der Waals surface area contributed by atoms with Gasteiger partial charge < -0.3 is 20.1 Å². The van der Waals surface area contributed by atoms with Crippen molar-refractivity contribution in [1.29, 1.82) is 0 Å². The van der Waals surface area contributed by atoms with E-state index in [9.17, 15) is 4.79 Å². The molecule has 0 spiro atoms. The highest BCUT2D eigenvalue weighted by Gasteiger charge is 2.28. The van der Waals surface area contributed by atoms with Gasteiger partial charge in [0, 0.05) is 12.2 Å². The molecule has 0 radical (unpaired) electrons. The number of anilines is 1. The van der Waals surface area contributed by atoms with E-state index in [1.54, 1.807) is 25.3 Å². The van der Waals surface area contributed by atoms with Gasteiger partial charge in [-0.05, 0) is 25.1 Å². The summed E-state index contributed by atoms with van der Waals surface area (Å²) in [4.78, 5) is 12.1. The van der Waals surface area contributed by atoms with Crippen LogP contribution in [0.5, 0.6) is 5.75 Å². The molecule has 1 heterocycles. The molecule has 2 N–H and O–H groups in total. The molecule has 1 aliphatic rings. The predicted molar refractivity (Wildman–Crippen MR) is 81.1 cm³/mol. The SMILES string of the molecule is COc1ccc(NC(=O)[C@H]2NCCO[C@@H]2C)cc1Cl.Cl. The Morgan fingerprint density at radius 2 is 2.30 bits per heavy atom. The second-order valence-electron chi connectivity index (χ2n) is 4.35. The minimum Gasteiger partial charge on any atom is -0.495 e. The summed E-state index contributed by atoms with van der Waals surface area (Å²) in [5, 5.41) is 6.40. The number of nitrogens with one attached hydrogen (secondary N) is 2. The number of halogens is 2. The maximum absolute atomic E-state index is 12.1. The molecule has 1 aromatic rings. The van der Waals surface area contributed by atoms with E-state index in [0.29, 0.717) is 29.6 Å². The van der Waals surface area contributed by atoms with E-state index in [1.165, 1.54) is 0 Å². The summed E-state index contributed by atoms with van der Waals surface area (Å²) in [5.74, 6) is 0.445. The van der Waals surface area contributed by atoms with Crippen molar-refractivity contribution < 1.29 is 14.3 Å². The van der Waals surface area contributed by atoms with Gasteiger partial charge in [0.2, 0.25) is 5.91 Å². The van der Waals surface area contributed by atoms with Crippen LogP contribution in [-0.2, 0) is 9.53 Å². The lowest BCUT2D eigenvalue weighted by atomic mass is 10.1. The monoisotopic (exact) mass is 320 g/mol. The third-order valence-electron chi connectivity index (χ3n) is 3.02. The summed E-state index contributed by atoms with van der Waals surface area (Å²) < 4.78 is 10.5. The molecule has 1 aliphatic heterocycles. The third-order valence-corrected chi connectivity index (χ3v) is 3.31. The Hall–Kier alpha value is -1.01. The van der Waals surface area contributed by atoms with Gasteiger partial charge in [0.05, 0.1) is 24.8 Å². The second kappa shape index (κ2) is 7.69. The number of carbonyl (C=O) groups excluding carboxylic acids is 1. The van der Waals surface area contributed by atoms with Crippen LogP contribution < -0.4 is 15.4 Å². The number of hydrogen-bond donors (Lipinski definition) is 2. The van der Waals surface area contributed by atoms with Crippen molar-refractivity contribution in [3.8, 4) is 5.75 Å². The van der Waals surface area contributed by atoms with E-state index in [2.05, 4.69) is 10.6 Å². The van der Waals surface area contributed by atoms with Crippen molar-refractivity contribution in [1.82, 2.24) is 5.32 Å². The highest BCUT2D eigenvalue weighted by molar-refractivity contribution is 6.32. The highest BCUT2D eigenvalue weighted by Crippen LogP contribution is 2.27. The van der Waals surface area contributed by atoms with Gasteiger partial charge in [0.1, 0.15) is 11.8 Å². The molecule has 1 amide bonds. The predicted octanol–water partition coefficient (Wildman–Crippen LogP) is 2.09. The molecule has 0 aromatic heterocycles. The van der Waals surface area contributed by atoms with Crippen LogP contribution >= 0.6 is 24.0 Å². The fraction of sp³-hybridized carbons (Fsp3) is 0.462. The van der Waals surface area contributed by atoms with Crippen LogP contribution in [0.25, 0.3) is 0 Å². The number of morpholine rings is 1. The Morgan fingerprint density at radius 3 is 2.90 bits per heavy atom. The molecule has 112 valence electrons. The topological polar surface area (TPSA) is 59.6 Å². The molecule has 2 rings (SSSR count). The van der Waals surface area contributed by atoms with Gasteiger partial charge in [-0.15, -0.1) is 12.4 Å². The Balaban J connectivity index is 0.00000200. The van der Waals surface area contributed by atoms with Crippen LogP contribution in [0, 0.1) is 0 Å². The van der Waals surface area contributed by atoms with Crippen LogP contribution in [0.15, 0.2) is 18.2 Å². The fourth-order valence-corrected chi connectivity index (χ4v) is 2.25. The van der Waals surface area contributed by atoms with Gasteiger partial charge in [-0.3, -0.25) is 4.79 Å². The molecule has 1 saturated heterocycles. The standard InChI is InChI=1S/C13H17ClN2O3.ClH/c1-8-12(15-5-6-19-8)13(17)16-9-3-4-11(18-2)10(14)7-9;/h3-4,7-8,12,15H,5-6H2,1-2H3,(H,16,17);1H/t8-,12+;/m1./s1. The Morgan fingerprint density at radius 1 is 1.55 bits per heavy atom. The molecule has 5 nitrogen and oxygen atoms in total. The minimum atomic E-state index is -0.352. The van der Waals surface area contributed by atoms with Crippen molar-refractivity contribution in [2.24, 2.45) is 0 Å². The number of rotatable bonds is 3. The van der Waals surface area contributed by atoms with Gasteiger partial charge >= 0.3 is 0 Å². The van der Waals surface area contributed by atoms with Crippen molar-refractivity contribution in [3.05, 3.63) is 23.2 Å². The van der Waals surface area contributed by atoms with Crippen LogP contribution in [0.1, 0.15) is 6.92 Å². The zero-order valence-electron chi connectivity index (χ0n) is 11.3. The highest BCUT2D eigenvalue weighted by atomic mass is 35.5. The first-order valence-electron chi connectivity index (χ1n) is 6.11. The average molecular weight is 321 g/mol. The molecular weight excluding hydrogens is 303 g/mol. The summed E-state index contributed by atoms with van der Waals surface area (Å²) >= 11 is 6.01. The van der Waals surface area contributed by atoms with Crippen LogP contribution in [0.3, 0.4) is 0 Å². The van der Waals surface area contributed by atoms with E-state index in [1.807, 2.05) is 6.92 Å². The number of benzene rings is 1. The molecule has 0 aliphatic carbocycles. The molecule has 0 bridgehead atoms. The van der Waals surface area contributed by atoms with Crippen LogP contribution in [-0.4, -0.2) is 38.3 Å². The van der Waals surface area contributed by atoms with Gasteiger partial charge in [-0.1, -0.05) is 11.6 Å². The molecule has 1 aromatic carbocycles. The van der Waals surface area contributed by atoms with Crippen molar-refractivity contribution in [2.45, 2.75) is 19.1 Å². The maximum Gasteiger partial charge on any atom is 0.244 e. The molecule has 2 atom stereocenters. The minimum absolute atomic E-state index is 0. The summed E-state index contributed by atoms with van der Waals surface area (Å²) in [6, 6.07) is 4.77. The van der Waals surface area contributed by atoms with Gasteiger partial charge in [0.25, 0.3) is 0 Å². The zero-order valence-corrected chi connectivity index (χ0v) is 12.9. The van der Waals surface area contributed by atoms with Crippen molar-refractivity contribution >= 4 is 35.6 Å². The first-order chi connectivity index (χ1) is 9.11. The van der Waals surface area contributed by atoms with E-state index in [4.69, 9.17) is 21.1 Å². The maximum atomic E-state index is 12.1. The quantitative estimate of drug-likeness (QED) is 0.895. The van der Waals surface area contributed by atoms with Gasteiger partial charge in [0.15, 0.2) is 0 Å². The summed E-state index contributed by atoms with van der Waals surface area (Å²) in [6.07, 6.45) is -0.150. The molecular formula is C13H18Cl2N2O3. The lowest BCUT2D eigenvalue weighted by Gasteiger charge is -2.29. The number of hydrogen-bond acceptors (Lipinski definition) is 4. The molecule has 0 saturated carbocycles. The van der Waals surface area contributed by atoms with E-state index < -0.39 is 0 Å². The average Bonchev–Trinajstić information content (AvgIpc) is 2.39. The van der Waals surface area contributed by atoms with Gasteiger partial charge in [-0.2, -0.15) is 0 Å². The van der Waals surface area contributed by atoms with Crippen molar-refractivity contribution in [3.63, 3.8) is 0 Å². The second-order valence-corrected chi connectivity index (χ2v) is 4.75. The lowest BCUT2D eigenvalue weighted by Crippen LogP contribution is -2.53. The molecule has 20 heavy (non-hydrogen) atoms. The van der Waals surface area contributed by atoms with E-state index in [0.717, 1.165) is 0 Å².